The number of nitrogens with one attached hydrogen (secondary N) is 3. The predicted octanol–water partition coefficient (Wildman–Crippen LogP) is 6.80. The summed E-state index contributed by atoms with van der Waals surface area (Å²) in [6, 6.07) is 31.4. The minimum absolute atomic E-state index is 0.0813. The van der Waals surface area contributed by atoms with Gasteiger partial charge in [-0.15, -0.1) is 0 Å². The Balaban J connectivity index is 0.000000217. The molecule has 2 heterocycles. The number of anilines is 2. The molecule has 0 unspecified atom stereocenters. The molecule has 0 aromatic heterocycles. The molecule has 2 saturated heterocycles. The molecule has 0 saturated carbocycles. The number of allylic oxidation sites excluding steroid dienone is 1. The summed E-state index contributed by atoms with van der Waals surface area (Å²) in [6.45, 7) is 14.8. The van der Waals surface area contributed by atoms with Crippen LogP contribution in [0.1, 0.15) is 35.1 Å². The Kier molecular flexibility index (Phi) is 20.6. The van der Waals surface area contributed by atoms with Crippen molar-refractivity contribution in [3.05, 3.63) is 131 Å². The van der Waals surface area contributed by atoms with Crippen LogP contribution in [0.4, 0.5) is 11.4 Å². The van der Waals surface area contributed by atoms with Crippen LogP contribution in [0.3, 0.4) is 0 Å². The van der Waals surface area contributed by atoms with E-state index in [2.05, 4.69) is 48.9 Å². The van der Waals surface area contributed by atoms with E-state index in [0.29, 0.717) is 12.8 Å². The summed E-state index contributed by atoms with van der Waals surface area (Å²) in [5.74, 6) is 1.85. The van der Waals surface area contributed by atoms with Crippen molar-refractivity contribution in [2.45, 2.75) is 26.7 Å². The van der Waals surface area contributed by atoms with Crippen molar-refractivity contribution in [2.24, 2.45) is 0 Å². The van der Waals surface area contributed by atoms with Gasteiger partial charge in [0.2, 0.25) is 11.8 Å². The Bertz CT molecular complexity index is 1930. The second-order valence-electron chi connectivity index (χ2n) is 14.5. The van der Waals surface area contributed by atoms with Gasteiger partial charge in [-0.3, -0.25) is 19.3 Å². The first-order chi connectivity index (χ1) is 28.8. The standard InChI is InChI=1S/C24H31N3O2.C14H21N3O.C10H10O2/c1-20-7-5-10-22(19-20)25-24(28)12-14-27-17-15-26(16-18-27)13-6-9-21-8-3-4-11-23(21)29-2;1-12-3-2-4-13(11-12)16-14(18)5-8-17-9-6-15-7-10-17;1-12-10-7-3-2-5-9(10)6-4-8-11/h3-11,19H,12-18H2,1-2H3,(H,25,28);2-4,11,15H,5-10H2,1H3,(H,16,18);2-8H,1H3/b9-6+;;6-4+. The number of nitrogens with zero attached hydrogens (tertiary/aromatic N) is 3. The highest BCUT2D eigenvalue weighted by molar-refractivity contribution is 5.91. The van der Waals surface area contributed by atoms with Gasteiger partial charge in [0, 0.05) is 107 Å². The normalized spacial score (nSPS) is 14.7. The molecule has 2 aliphatic rings. The monoisotopic (exact) mass is 802 g/mol. The lowest BCUT2D eigenvalue weighted by Gasteiger charge is -2.34. The van der Waals surface area contributed by atoms with Crippen molar-refractivity contribution in [1.82, 2.24) is 20.0 Å². The maximum Gasteiger partial charge on any atom is 0.225 e. The van der Waals surface area contributed by atoms with E-state index in [-0.39, 0.29) is 11.8 Å². The van der Waals surface area contributed by atoms with Gasteiger partial charge in [-0.05, 0) is 73.5 Å². The molecule has 4 aromatic rings. The summed E-state index contributed by atoms with van der Waals surface area (Å²) in [6.07, 6.45) is 9.31. The molecule has 2 fully saturated rings. The SMILES string of the molecule is COc1ccccc1/C=C/C=O.COc1ccccc1/C=C/CN1CCN(CCC(=O)Nc2cccc(C)c2)CC1.Cc1cccc(NC(=O)CCN2CCNCC2)c1. The smallest absolute Gasteiger partial charge is 0.225 e. The van der Waals surface area contributed by atoms with Crippen molar-refractivity contribution in [2.75, 3.05) is 96.8 Å². The van der Waals surface area contributed by atoms with Gasteiger partial charge in [0.15, 0.2) is 0 Å². The number of aldehydes is 1. The maximum atomic E-state index is 12.2. The Morgan fingerprint density at radius 3 is 1.59 bits per heavy atom. The second kappa shape index (κ2) is 26.4. The first-order valence-electron chi connectivity index (χ1n) is 20.4. The van der Waals surface area contributed by atoms with Crippen LogP contribution in [-0.2, 0) is 14.4 Å². The van der Waals surface area contributed by atoms with Gasteiger partial charge in [-0.1, -0.05) is 72.8 Å². The number of hydrogen-bond acceptors (Lipinski definition) is 9. The van der Waals surface area contributed by atoms with Crippen LogP contribution in [0.25, 0.3) is 12.2 Å². The topological polar surface area (TPSA) is 115 Å². The first-order valence-corrected chi connectivity index (χ1v) is 20.4. The fourth-order valence-electron chi connectivity index (χ4n) is 6.62. The molecule has 2 aliphatic heterocycles. The molecular weight excluding hydrogens is 741 g/mol. The highest BCUT2D eigenvalue weighted by Crippen LogP contribution is 2.19. The molecule has 59 heavy (non-hydrogen) atoms. The van der Waals surface area contributed by atoms with Crippen LogP contribution in [0.15, 0.2) is 109 Å². The van der Waals surface area contributed by atoms with E-state index in [1.807, 2.05) is 105 Å². The van der Waals surface area contributed by atoms with Gasteiger partial charge < -0.3 is 35.2 Å². The number of piperazine rings is 2. The van der Waals surface area contributed by atoms with Crippen molar-refractivity contribution < 1.29 is 23.9 Å². The highest BCUT2D eigenvalue weighted by Gasteiger charge is 2.17. The molecule has 6 rings (SSSR count). The van der Waals surface area contributed by atoms with Crippen molar-refractivity contribution in [1.29, 1.82) is 0 Å². The number of carbonyl (C=O) groups is 3. The molecule has 0 radical (unpaired) electrons. The van der Waals surface area contributed by atoms with Gasteiger partial charge in [0.05, 0.1) is 14.2 Å². The van der Waals surface area contributed by atoms with Crippen LogP contribution in [0.5, 0.6) is 11.5 Å². The number of benzene rings is 4. The fourth-order valence-corrected chi connectivity index (χ4v) is 6.62. The Labute approximate surface area is 351 Å². The lowest BCUT2D eigenvalue weighted by molar-refractivity contribution is -0.117. The molecule has 11 nitrogen and oxygen atoms in total. The van der Waals surface area contributed by atoms with Crippen molar-refractivity contribution in [3.8, 4) is 11.5 Å². The third kappa shape index (κ3) is 17.8. The number of ether oxygens (including phenoxy) is 2. The third-order valence-corrected chi connectivity index (χ3v) is 9.88. The molecule has 0 atom stereocenters. The molecular formula is C48H62N6O5. The minimum Gasteiger partial charge on any atom is -0.496 e. The third-order valence-electron chi connectivity index (χ3n) is 9.88. The average Bonchev–Trinajstić information content (AvgIpc) is 3.26. The molecule has 2 amide bonds. The number of rotatable bonds is 15. The summed E-state index contributed by atoms with van der Waals surface area (Å²) in [4.78, 5) is 41.2. The summed E-state index contributed by atoms with van der Waals surface area (Å²) in [5.41, 5.74) is 6.09. The zero-order valence-corrected chi connectivity index (χ0v) is 35.2. The van der Waals surface area contributed by atoms with Crippen LogP contribution in [0, 0.1) is 13.8 Å². The van der Waals surface area contributed by atoms with Crippen LogP contribution < -0.4 is 25.4 Å². The van der Waals surface area contributed by atoms with Crippen LogP contribution in [0.2, 0.25) is 0 Å². The van der Waals surface area contributed by atoms with E-state index < -0.39 is 0 Å². The zero-order chi connectivity index (χ0) is 42.1. The van der Waals surface area contributed by atoms with E-state index in [9.17, 15) is 14.4 Å². The number of methoxy groups -OCH3 is 2. The number of carbonyl (C=O) groups excluding carboxylic acids is 3. The molecule has 0 bridgehead atoms. The number of para-hydroxylation sites is 2. The summed E-state index contributed by atoms with van der Waals surface area (Å²) < 4.78 is 10.5. The first kappa shape index (κ1) is 46.1. The van der Waals surface area contributed by atoms with Crippen molar-refractivity contribution in [3.63, 3.8) is 0 Å². The molecule has 0 spiro atoms. The molecule has 3 N–H and O–H groups in total. The Morgan fingerprint density at radius 1 is 0.627 bits per heavy atom. The molecule has 4 aromatic carbocycles. The lowest BCUT2D eigenvalue weighted by atomic mass is 10.2. The van der Waals surface area contributed by atoms with E-state index >= 15 is 0 Å². The van der Waals surface area contributed by atoms with Crippen LogP contribution >= 0.6 is 0 Å². The van der Waals surface area contributed by atoms with Gasteiger partial charge in [-0.25, -0.2) is 0 Å². The maximum absolute atomic E-state index is 12.2. The minimum atomic E-state index is 0.0813. The predicted molar refractivity (Wildman–Crippen MR) is 241 cm³/mol. The molecule has 314 valence electrons. The van der Waals surface area contributed by atoms with Crippen molar-refractivity contribution >= 4 is 41.6 Å². The van der Waals surface area contributed by atoms with Crippen LogP contribution in [-0.4, -0.2) is 119 Å². The number of aryl methyl sites for hydroxylation is 2. The van der Waals surface area contributed by atoms with Gasteiger partial charge >= 0.3 is 0 Å². The van der Waals surface area contributed by atoms with Gasteiger partial charge in [0.1, 0.15) is 17.8 Å². The van der Waals surface area contributed by atoms with Gasteiger partial charge in [0.25, 0.3) is 0 Å². The second-order valence-corrected chi connectivity index (χ2v) is 14.5. The number of hydrogen-bond donors (Lipinski definition) is 3. The average molecular weight is 803 g/mol. The fraction of sp³-hybridized carbons (Fsp3) is 0.354. The van der Waals surface area contributed by atoms with E-state index in [1.54, 1.807) is 20.3 Å². The quantitative estimate of drug-likeness (QED) is 0.0883. The highest BCUT2D eigenvalue weighted by atomic mass is 16.5. The summed E-state index contributed by atoms with van der Waals surface area (Å²) >= 11 is 0. The zero-order valence-electron chi connectivity index (χ0n) is 35.2. The van der Waals surface area contributed by atoms with E-state index in [0.717, 1.165) is 123 Å². The number of amides is 2. The Hall–Kier alpha value is -5.59. The largest absolute Gasteiger partial charge is 0.496 e. The molecule has 11 heteroatoms. The van der Waals surface area contributed by atoms with E-state index in [4.69, 9.17) is 9.47 Å². The summed E-state index contributed by atoms with van der Waals surface area (Å²) in [7, 11) is 3.31. The lowest BCUT2D eigenvalue weighted by Crippen LogP contribution is -2.46. The Morgan fingerprint density at radius 2 is 1.10 bits per heavy atom. The molecule has 0 aliphatic carbocycles. The van der Waals surface area contributed by atoms with E-state index in [1.165, 1.54) is 6.08 Å². The van der Waals surface area contributed by atoms with Gasteiger partial charge in [-0.2, -0.15) is 0 Å². The summed E-state index contributed by atoms with van der Waals surface area (Å²) in [5, 5.41) is 9.24.